The van der Waals surface area contributed by atoms with E-state index in [0.29, 0.717) is 18.5 Å². The minimum Gasteiger partial charge on any atom is -0.469 e. The summed E-state index contributed by atoms with van der Waals surface area (Å²) < 4.78 is 18.3. The second-order valence-electron chi connectivity index (χ2n) is 4.75. The fraction of sp³-hybridized carbons (Fsp3) is 0.312. The minimum absolute atomic E-state index is 0.0719. The number of carbonyl (C=O) groups is 1. The summed E-state index contributed by atoms with van der Waals surface area (Å²) in [5, 5.41) is 3.29. The summed E-state index contributed by atoms with van der Waals surface area (Å²) in [6, 6.07) is 10.6. The minimum atomic E-state index is -0.240. The molecule has 2 aromatic rings. The predicted molar refractivity (Wildman–Crippen MR) is 81.7 cm³/mol. The van der Waals surface area contributed by atoms with E-state index in [1.54, 1.807) is 23.5 Å². The van der Waals surface area contributed by atoms with E-state index >= 15 is 0 Å². The molecular formula is C16H18FNO2S. The predicted octanol–water partition coefficient (Wildman–Crippen LogP) is 3.45. The molecule has 1 heterocycles. The van der Waals surface area contributed by atoms with Gasteiger partial charge in [0.15, 0.2) is 0 Å². The summed E-state index contributed by atoms with van der Waals surface area (Å²) >= 11 is 1.56. The first-order chi connectivity index (χ1) is 10.1. The molecule has 0 radical (unpaired) electrons. The largest absolute Gasteiger partial charge is 0.469 e. The topological polar surface area (TPSA) is 38.3 Å². The number of nitrogens with one attached hydrogen (secondary N) is 1. The van der Waals surface area contributed by atoms with Gasteiger partial charge in [0.05, 0.1) is 13.5 Å². The Labute approximate surface area is 127 Å². The Balaban J connectivity index is 1.91. The van der Waals surface area contributed by atoms with Gasteiger partial charge < -0.3 is 10.1 Å². The zero-order valence-electron chi connectivity index (χ0n) is 12.1. The third kappa shape index (κ3) is 4.37. The van der Waals surface area contributed by atoms with Crippen molar-refractivity contribution in [1.29, 1.82) is 0 Å². The van der Waals surface area contributed by atoms with E-state index in [1.165, 1.54) is 13.2 Å². The molecule has 0 aliphatic carbocycles. The molecule has 1 unspecified atom stereocenters. The van der Waals surface area contributed by atoms with Crippen molar-refractivity contribution in [1.82, 2.24) is 5.32 Å². The third-order valence-corrected chi connectivity index (χ3v) is 4.30. The average Bonchev–Trinajstić information content (AvgIpc) is 2.92. The van der Waals surface area contributed by atoms with Gasteiger partial charge in [0.2, 0.25) is 0 Å². The second-order valence-corrected chi connectivity index (χ2v) is 6.00. The quantitative estimate of drug-likeness (QED) is 0.831. The van der Waals surface area contributed by atoms with Crippen LogP contribution in [0.1, 0.15) is 28.3 Å². The van der Waals surface area contributed by atoms with E-state index < -0.39 is 0 Å². The van der Waals surface area contributed by atoms with E-state index in [2.05, 4.69) is 10.1 Å². The van der Waals surface area contributed by atoms with Gasteiger partial charge in [-0.05, 0) is 25.1 Å². The number of hydrogen-bond acceptors (Lipinski definition) is 4. The standard InChI is InChI=1S/C16H18FNO2S/c1-11(14-5-3-4-6-15(14)17)18-10-13-8-7-12(21-13)9-16(19)20-2/h3-8,11,18H,9-10H2,1-2H3. The van der Waals surface area contributed by atoms with Gasteiger partial charge in [0.25, 0.3) is 0 Å². The Morgan fingerprint density at radius 1 is 1.29 bits per heavy atom. The van der Waals surface area contributed by atoms with Crippen LogP contribution >= 0.6 is 11.3 Å². The van der Waals surface area contributed by atoms with Crippen molar-refractivity contribution in [3.8, 4) is 0 Å². The first kappa shape index (κ1) is 15.7. The van der Waals surface area contributed by atoms with E-state index in [1.807, 2.05) is 25.1 Å². The Kier molecular flexibility index (Phi) is 5.47. The molecule has 1 atom stereocenters. The van der Waals surface area contributed by atoms with E-state index in [9.17, 15) is 9.18 Å². The molecule has 3 nitrogen and oxygen atoms in total. The molecule has 0 aliphatic heterocycles. The smallest absolute Gasteiger partial charge is 0.310 e. The number of esters is 1. The van der Waals surface area contributed by atoms with Crippen molar-refractivity contribution >= 4 is 17.3 Å². The maximum atomic E-state index is 13.7. The van der Waals surface area contributed by atoms with Gasteiger partial charge in [0.1, 0.15) is 5.82 Å². The average molecular weight is 307 g/mol. The molecule has 0 saturated carbocycles. The molecule has 1 aromatic carbocycles. The molecule has 0 aliphatic rings. The van der Waals surface area contributed by atoms with Crippen LogP contribution < -0.4 is 5.32 Å². The first-order valence-corrected chi connectivity index (χ1v) is 7.54. The molecule has 21 heavy (non-hydrogen) atoms. The molecule has 0 amide bonds. The lowest BCUT2D eigenvalue weighted by atomic mass is 10.1. The Bertz CT molecular complexity index is 612. The summed E-state index contributed by atoms with van der Waals surface area (Å²) in [6.07, 6.45) is 0.296. The van der Waals surface area contributed by atoms with Gasteiger partial charge in [-0.1, -0.05) is 18.2 Å². The van der Waals surface area contributed by atoms with Gasteiger partial charge >= 0.3 is 5.97 Å². The molecule has 0 fully saturated rings. The van der Waals surface area contributed by atoms with Crippen molar-refractivity contribution < 1.29 is 13.9 Å². The highest BCUT2D eigenvalue weighted by molar-refractivity contribution is 7.12. The molecule has 2 rings (SSSR count). The van der Waals surface area contributed by atoms with Crippen molar-refractivity contribution in [2.24, 2.45) is 0 Å². The highest BCUT2D eigenvalue weighted by Crippen LogP contribution is 2.20. The van der Waals surface area contributed by atoms with Gasteiger partial charge in [-0.25, -0.2) is 4.39 Å². The van der Waals surface area contributed by atoms with Crippen LogP contribution in [0.25, 0.3) is 0 Å². The first-order valence-electron chi connectivity index (χ1n) is 6.72. The molecule has 0 saturated heterocycles. The Hall–Kier alpha value is -1.72. The number of thiophene rings is 1. The maximum absolute atomic E-state index is 13.7. The summed E-state index contributed by atoms with van der Waals surface area (Å²) in [5.74, 6) is -0.439. The van der Waals surface area contributed by atoms with Gasteiger partial charge in [-0.15, -0.1) is 11.3 Å². The zero-order valence-corrected chi connectivity index (χ0v) is 12.9. The molecule has 0 bridgehead atoms. The van der Waals surface area contributed by atoms with Crippen molar-refractivity contribution in [2.75, 3.05) is 7.11 Å². The fourth-order valence-corrected chi connectivity index (χ4v) is 2.97. The number of ether oxygens (including phenoxy) is 1. The molecule has 5 heteroatoms. The number of carbonyl (C=O) groups excluding carboxylic acids is 1. The van der Waals surface area contributed by atoms with Crippen LogP contribution in [-0.4, -0.2) is 13.1 Å². The molecule has 1 aromatic heterocycles. The molecule has 0 spiro atoms. The van der Waals surface area contributed by atoms with Crippen LogP contribution in [0.2, 0.25) is 0 Å². The summed E-state index contributed by atoms with van der Waals surface area (Å²) in [4.78, 5) is 13.3. The number of rotatable bonds is 6. The second kappa shape index (κ2) is 7.33. The molecule has 112 valence electrons. The van der Waals surface area contributed by atoms with E-state index in [4.69, 9.17) is 0 Å². The lowest BCUT2D eigenvalue weighted by molar-refractivity contribution is -0.139. The lowest BCUT2D eigenvalue weighted by Crippen LogP contribution is -2.18. The number of hydrogen-bond donors (Lipinski definition) is 1. The van der Waals surface area contributed by atoms with E-state index in [0.717, 1.165) is 9.75 Å². The van der Waals surface area contributed by atoms with Crippen LogP contribution in [-0.2, 0) is 22.5 Å². The van der Waals surface area contributed by atoms with Gasteiger partial charge in [-0.2, -0.15) is 0 Å². The van der Waals surface area contributed by atoms with Crippen molar-refractivity contribution in [3.05, 3.63) is 57.5 Å². The summed E-state index contributed by atoms with van der Waals surface area (Å²) in [6.45, 7) is 2.57. The third-order valence-electron chi connectivity index (χ3n) is 3.22. The Morgan fingerprint density at radius 3 is 2.71 bits per heavy atom. The normalized spacial score (nSPS) is 12.1. The van der Waals surface area contributed by atoms with Crippen molar-refractivity contribution in [2.45, 2.75) is 25.9 Å². The van der Waals surface area contributed by atoms with Crippen LogP contribution in [0.3, 0.4) is 0 Å². The molecule has 1 N–H and O–H groups in total. The van der Waals surface area contributed by atoms with Gasteiger partial charge in [-0.3, -0.25) is 4.79 Å². The van der Waals surface area contributed by atoms with Crippen LogP contribution in [0, 0.1) is 5.82 Å². The van der Waals surface area contributed by atoms with Crippen LogP contribution in [0.5, 0.6) is 0 Å². The highest BCUT2D eigenvalue weighted by atomic mass is 32.1. The lowest BCUT2D eigenvalue weighted by Gasteiger charge is -2.14. The number of methoxy groups -OCH3 is 1. The van der Waals surface area contributed by atoms with E-state index in [-0.39, 0.29) is 17.8 Å². The fourth-order valence-electron chi connectivity index (χ4n) is 2.02. The Morgan fingerprint density at radius 2 is 2.00 bits per heavy atom. The monoisotopic (exact) mass is 307 g/mol. The highest BCUT2D eigenvalue weighted by Gasteiger charge is 2.11. The van der Waals surface area contributed by atoms with Crippen molar-refractivity contribution in [3.63, 3.8) is 0 Å². The summed E-state index contributed by atoms with van der Waals surface area (Å²) in [7, 11) is 1.38. The summed E-state index contributed by atoms with van der Waals surface area (Å²) in [5.41, 5.74) is 0.656. The van der Waals surface area contributed by atoms with Crippen LogP contribution in [0.15, 0.2) is 36.4 Å². The molecular weight excluding hydrogens is 289 g/mol. The van der Waals surface area contributed by atoms with Gasteiger partial charge in [0, 0.05) is 27.9 Å². The zero-order chi connectivity index (χ0) is 15.2. The number of halogens is 1. The van der Waals surface area contributed by atoms with Crippen LogP contribution in [0.4, 0.5) is 4.39 Å². The number of benzene rings is 1. The maximum Gasteiger partial charge on any atom is 0.310 e. The SMILES string of the molecule is COC(=O)Cc1ccc(CNC(C)c2ccccc2F)s1.